The lowest BCUT2D eigenvalue weighted by atomic mass is 9.79. The number of aromatic nitrogens is 2. The quantitative estimate of drug-likeness (QED) is 0.250. The zero-order valence-electron chi connectivity index (χ0n) is 20.7. The van der Waals surface area contributed by atoms with Crippen LogP contribution in [0.4, 0.5) is 5.69 Å². The molecule has 0 aliphatic carbocycles. The Labute approximate surface area is 205 Å². The van der Waals surface area contributed by atoms with Crippen molar-refractivity contribution in [3.63, 3.8) is 0 Å². The van der Waals surface area contributed by atoms with Crippen molar-refractivity contribution in [2.45, 2.75) is 58.8 Å². The highest BCUT2D eigenvalue weighted by molar-refractivity contribution is 7.12. The van der Waals surface area contributed by atoms with Gasteiger partial charge in [0.2, 0.25) is 11.8 Å². The maximum atomic E-state index is 6.09. The van der Waals surface area contributed by atoms with E-state index in [1.54, 1.807) is 11.3 Å². The van der Waals surface area contributed by atoms with Gasteiger partial charge in [0.1, 0.15) is 5.84 Å². The first-order valence-electron chi connectivity index (χ1n) is 11.4. The highest BCUT2D eigenvalue weighted by Crippen LogP contribution is 2.33. The van der Waals surface area contributed by atoms with Crippen molar-refractivity contribution < 1.29 is 4.42 Å². The highest BCUT2D eigenvalue weighted by atomic mass is 32.1. The minimum Gasteiger partial charge on any atom is -0.420 e. The molecule has 0 aliphatic heterocycles. The Kier molecular flexibility index (Phi) is 6.45. The van der Waals surface area contributed by atoms with E-state index in [0.717, 1.165) is 21.7 Å². The second kappa shape index (κ2) is 9.18. The molecule has 0 aliphatic rings. The summed E-state index contributed by atoms with van der Waals surface area (Å²) in [7, 11) is 0. The van der Waals surface area contributed by atoms with Crippen LogP contribution in [-0.2, 0) is 17.3 Å². The first-order valence-corrected chi connectivity index (χ1v) is 12.3. The Balaban J connectivity index is 1.55. The van der Waals surface area contributed by atoms with Gasteiger partial charge in [-0.05, 0) is 63.2 Å². The largest absolute Gasteiger partial charge is 0.420 e. The molecule has 34 heavy (non-hydrogen) atoms. The molecule has 176 valence electrons. The minimum absolute atomic E-state index is 0.0238. The third kappa shape index (κ3) is 5.62. The second-order valence-electron chi connectivity index (χ2n) is 10.6. The molecule has 0 atom stereocenters. The fourth-order valence-corrected chi connectivity index (χ4v) is 4.17. The third-order valence-corrected chi connectivity index (χ3v) is 6.59. The first-order chi connectivity index (χ1) is 16.0. The number of aliphatic imine (C=N–C) groups is 1. The molecule has 0 unspecified atom stereocenters. The topological polar surface area (TPSA) is 77.3 Å². The Morgan fingerprint density at radius 3 is 2.12 bits per heavy atom. The molecule has 2 aromatic heterocycles. The minimum atomic E-state index is 0.0238. The molecule has 2 N–H and O–H groups in total. The molecule has 5 nitrogen and oxygen atoms in total. The summed E-state index contributed by atoms with van der Waals surface area (Å²) in [4.78, 5) is 5.47. The van der Waals surface area contributed by atoms with Gasteiger partial charge in [-0.15, -0.1) is 21.5 Å². The Bertz CT molecular complexity index is 1260. The molecular formula is C28H32N4OS. The number of hydrogen-bond acceptors (Lipinski definition) is 5. The number of benzene rings is 2. The number of nitrogens with zero attached hydrogens (tertiary/aromatic N) is 3. The van der Waals surface area contributed by atoms with Gasteiger partial charge in [-0.2, -0.15) is 0 Å². The van der Waals surface area contributed by atoms with Crippen molar-refractivity contribution in [2.75, 3.05) is 0 Å². The van der Waals surface area contributed by atoms with Crippen LogP contribution in [-0.4, -0.2) is 16.0 Å². The molecule has 0 radical (unpaired) electrons. The summed E-state index contributed by atoms with van der Waals surface area (Å²) >= 11 is 1.58. The van der Waals surface area contributed by atoms with Crippen molar-refractivity contribution in [3.8, 4) is 11.5 Å². The molecule has 2 aromatic carbocycles. The van der Waals surface area contributed by atoms with Crippen molar-refractivity contribution in [1.29, 1.82) is 0 Å². The van der Waals surface area contributed by atoms with Crippen LogP contribution in [0.3, 0.4) is 0 Å². The van der Waals surface area contributed by atoms with Gasteiger partial charge in [0.05, 0.1) is 17.0 Å². The van der Waals surface area contributed by atoms with E-state index < -0.39 is 0 Å². The van der Waals surface area contributed by atoms with Gasteiger partial charge in [0.25, 0.3) is 0 Å². The third-order valence-electron chi connectivity index (χ3n) is 5.69. The van der Waals surface area contributed by atoms with Crippen LogP contribution >= 0.6 is 11.3 Å². The van der Waals surface area contributed by atoms with Crippen molar-refractivity contribution in [1.82, 2.24) is 10.2 Å². The summed E-state index contributed by atoms with van der Waals surface area (Å²) < 4.78 is 6.08. The van der Waals surface area contributed by atoms with E-state index in [2.05, 4.69) is 74.9 Å². The number of hydrogen-bond donors (Lipinski definition) is 1. The maximum Gasteiger partial charge on any atom is 0.247 e. The number of nitrogens with two attached hydrogens (primary N) is 1. The molecule has 0 saturated carbocycles. The average molecular weight is 473 g/mol. The predicted octanol–water partition coefficient (Wildman–Crippen LogP) is 7.02. The predicted molar refractivity (Wildman–Crippen MR) is 141 cm³/mol. The standard InChI is InChI=1S/C28H32N4OS/c1-27(2,3)20-15-19(16-21(17-20)28(4,5)6)26-32-31-24(33-26)14-18-9-11-22(12-10-18)30-25(29)23-8-7-13-34-23/h7-13,15-17H,14H2,1-6H3,(H2,29,30). The number of amidine groups is 1. The summed E-state index contributed by atoms with van der Waals surface area (Å²) in [5.74, 6) is 1.66. The van der Waals surface area contributed by atoms with E-state index in [1.807, 2.05) is 41.8 Å². The zero-order valence-corrected chi connectivity index (χ0v) is 21.5. The number of thiophene rings is 1. The van der Waals surface area contributed by atoms with Crippen LogP contribution < -0.4 is 5.73 Å². The van der Waals surface area contributed by atoms with Gasteiger partial charge in [0.15, 0.2) is 0 Å². The van der Waals surface area contributed by atoms with E-state index in [0.29, 0.717) is 24.0 Å². The molecule has 4 aromatic rings. The van der Waals surface area contributed by atoms with Gasteiger partial charge >= 0.3 is 0 Å². The Morgan fingerprint density at radius 2 is 1.56 bits per heavy atom. The van der Waals surface area contributed by atoms with Crippen LogP contribution in [0.15, 0.2) is 69.4 Å². The van der Waals surface area contributed by atoms with Crippen molar-refractivity contribution >= 4 is 22.9 Å². The summed E-state index contributed by atoms with van der Waals surface area (Å²) in [5.41, 5.74) is 11.5. The molecule has 2 heterocycles. The summed E-state index contributed by atoms with van der Waals surface area (Å²) in [5, 5.41) is 10.7. The molecule has 0 fully saturated rings. The Hall–Kier alpha value is -3.25. The van der Waals surface area contributed by atoms with Gasteiger partial charge in [-0.3, -0.25) is 0 Å². The number of rotatable bonds is 5. The molecule has 0 bridgehead atoms. The summed E-state index contributed by atoms with van der Waals surface area (Å²) in [6, 6.07) is 18.5. The van der Waals surface area contributed by atoms with E-state index in [9.17, 15) is 0 Å². The summed E-state index contributed by atoms with van der Waals surface area (Å²) in [6.07, 6.45) is 0.558. The molecular weight excluding hydrogens is 440 g/mol. The molecule has 0 amide bonds. The first kappa shape index (κ1) is 23.9. The van der Waals surface area contributed by atoms with E-state index in [-0.39, 0.29) is 10.8 Å². The fraction of sp³-hybridized carbons (Fsp3) is 0.321. The smallest absolute Gasteiger partial charge is 0.247 e. The molecule has 0 saturated heterocycles. The van der Waals surface area contributed by atoms with Gasteiger partial charge < -0.3 is 10.2 Å². The van der Waals surface area contributed by atoms with Crippen LogP contribution in [0.25, 0.3) is 11.5 Å². The van der Waals surface area contributed by atoms with Crippen LogP contribution in [0.1, 0.15) is 69.0 Å². The lowest BCUT2D eigenvalue weighted by molar-refractivity contribution is 0.517. The molecule has 6 heteroatoms. The van der Waals surface area contributed by atoms with E-state index in [1.165, 1.54) is 11.1 Å². The second-order valence-corrected chi connectivity index (χ2v) is 11.6. The zero-order chi connectivity index (χ0) is 24.5. The average Bonchev–Trinajstić information content (AvgIpc) is 3.46. The lowest BCUT2D eigenvalue weighted by Gasteiger charge is -2.25. The lowest BCUT2D eigenvalue weighted by Crippen LogP contribution is -2.16. The normalized spacial score (nSPS) is 12.8. The van der Waals surface area contributed by atoms with Gasteiger partial charge in [-0.25, -0.2) is 4.99 Å². The maximum absolute atomic E-state index is 6.09. The monoisotopic (exact) mass is 472 g/mol. The fourth-order valence-electron chi connectivity index (χ4n) is 3.54. The van der Waals surface area contributed by atoms with Gasteiger partial charge in [-0.1, -0.05) is 65.8 Å². The van der Waals surface area contributed by atoms with Crippen LogP contribution in [0.2, 0.25) is 0 Å². The molecule has 0 spiro atoms. The van der Waals surface area contributed by atoms with Crippen LogP contribution in [0, 0.1) is 0 Å². The van der Waals surface area contributed by atoms with Gasteiger partial charge in [0, 0.05) is 5.56 Å². The Morgan fingerprint density at radius 1 is 0.912 bits per heavy atom. The SMILES string of the molecule is CC(C)(C)c1cc(-c2nnc(Cc3ccc(N=C(N)c4cccs4)cc3)o2)cc(C(C)(C)C)c1. The van der Waals surface area contributed by atoms with E-state index in [4.69, 9.17) is 10.2 Å². The highest BCUT2D eigenvalue weighted by Gasteiger charge is 2.22. The summed E-state index contributed by atoms with van der Waals surface area (Å²) in [6.45, 7) is 13.3. The van der Waals surface area contributed by atoms with Crippen molar-refractivity contribution in [3.05, 3.63) is 87.4 Å². The molecule has 4 rings (SSSR count). The van der Waals surface area contributed by atoms with Crippen LogP contribution in [0.5, 0.6) is 0 Å². The van der Waals surface area contributed by atoms with Crippen molar-refractivity contribution in [2.24, 2.45) is 10.7 Å². The van der Waals surface area contributed by atoms with E-state index >= 15 is 0 Å².